The van der Waals surface area contributed by atoms with Gasteiger partial charge in [0.1, 0.15) is 10.9 Å². The lowest BCUT2D eigenvalue weighted by atomic mass is 10.3. The van der Waals surface area contributed by atoms with Gasteiger partial charge in [-0.3, -0.25) is 0 Å². The second kappa shape index (κ2) is 6.44. The second-order valence-electron chi connectivity index (χ2n) is 2.81. The summed E-state index contributed by atoms with van der Waals surface area (Å²) in [7, 11) is 0. The Morgan fingerprint density at radius 2 is 1.88 bits per heavy atom. The molecule has 0 aliphatic heterocycles. The molecule has 2 aromatic rings. The molecule has 80 valence electrons. The predicted octanol–water partition coefficient (Wildman–Crippen LogP) is 3.00. The Morgan fingerprint density at radius 3 is 2.25 bits per heavy atom. The number of nitrogens with zero attached hydrogens (tertiary/aromatic N) is 2. The Balaban J connectivity index is 0.000000165. The first-order chi connectivity index (χ1) is 7.72. The minimum absolute atomic E-state index is 0.322. The van der Waals surface area contributed by atoms with Gasteiger partial charge in [-0.05, 0) is 24.3 Å². The van der Waals surface area contributed by atoms with Crippen LogP contribution in [0.3, 0.4) is 0 Å². The van der Waals surface area contributed by atoms with Gasteiger partial charge in [0, 0.05) is 6.20 Å². The van der Waals surface area contributed by atoms with Crippen molar-refractivity contribution in [3.8, 4) is 11.8 Å². The van der Waals surface area contributed by atoms with Gasteiger partial charge in [0.25, 0.3) is 0 Å². The van der Waals surface area contributed by atoms with Gasteiger partial charge in [-0.15, -0.1) is 0 Å². The van der Waals surface area contributed by atoms with E-state index in [1.54, 1.807) is 30.3 Å². The van der Waals surface area contributed by atoms with E-state index in [0.717, 1.165) is 0 Å². The summed E-state index contributed by atoms with van der Waals surface area (Å²) in [4.78, 5) is 3.70. The molecule has 1 aromatic carbocycles. The third kappa shape index (κ3) is 4.45. The van der Waals surface area contributed by atoms with Crippen molar-refractivity contribution in [2.24, 2.45) is 0 Å². The van der Waals surface area contributed by atoms with Gasteiger partial charge in [0.15, 0.2) is 0 Å². The van der Waals surface area contributed by atoms with Gasteiger partial charge >= 0.3 is 0 Å². The van der Waals surface area contributed by atoms with E-state index in [2.05, 4.69) is 4.98 Å². The Kier molecular flexibility index (Phi) is 4.84. The number of hydrogen-bond donors (Lipinski definition) is 1. The molecule has 0 bridgehead atoms. The largest absolute Gasteiger partial charge is 0.508 e. The maximum atomic E-state index is 8.63. The molecule has 0 saturated carbocycles. The Hall–Kier alpha value is -2.05. The fraction of sp³-hybridized carbons (Fsp3) is 0. The molecule has 4 heteroatoms. The normalized spacial score (nSPS) is 8.50. The molecule has 0 saturated heterocycles. The molecule has 3 nitrogen and oxygen atoms in total. The van der Waals surface area contributed by atoms with Crippen molar-refractivity contribution in [1.82, 2.24) is 4.98 Å². The van der Waals surface area contributed by atoms with Gasteiger partial charge < -0.3 is 5.11 Å². The van der Waals surface area contributed by atoms with Gasteiger partial charge in [-0.25, -0.2) is 4.98 Å². The summed E-state index contributed by atoms with van der Waals surface area (Å²) in [5.41, 5.74) is 0.537. The van der Waals surface area contributed by atoms with E-state index in [4.69, 9.17) is 22.0 Å². The summed E-state index contributed by atoms with van der Waals surface area (Å²) < 4.78 is 0. The van der Waals surface area contributed by atoms with E-state index in [0.29, 0.717) is 16.5 Å². The molecule has 0 aliphatic carbocycles. The number of rotatable bonds is 0. The van der Waals surface area contributed by atoms with Crippen LogP contribution in [0.1, 0.15) is 5.56 Å². The monoisotopic (exact) mass is 232 g/mol. The maximum Gasteiger partial charge on any atom is 0.130 e. The quantitative estimate of drug-likeness (QED) is 0.711. The van der Waals surface area contributed by atoms with E-state index in [-0.39, 0.29) is 0 Å². The van der Waals surface area contributed by atoms with Crippen molar-refractivity contribution in [2.45, 2.75) is 0 Å². The van der Waals surface area contributed by atoms with E-state index in [9.17, 15) is 0 Å². The Labute approximate surface area is 98.6 Å². The van der Waals surface area contributed by atoms with Crippen molar-refractivity contribution in [3.63, 3.8) is 0 Å². The Bertz CT molecular complexity index is 480. The number of phenols is 1. The van der Waals surface area contributed by atoms with Crippen molar-refractivity contribution in [2.75, 3.05) is 0 Å². The summed E-state index contributed by atoms with van der Waals surface area (Å²) >= 11 is 5.46. The number of halogens is 1. The van der Waals surface area contributed by atoms with Crippen LogP contribution in [-0.4, -0.2) is 10.1 Å². The fourth-order valence-electron chi connectivity index (χ4n) is 0.900. The summed E-state index contributed by atoms with van der Waals surface area (Å²) in [5.74, 6) is 0.322. The van der Waals surface area contributed by atoms with Crippen LogP contribution in [0, 0.1) is 11.3 Å². The number of nitriles is 1. The highest BCUT2D eigenvalue weighted by Crippen LogP contribution is 2.04. The summed E-state index contributed by atoms with van der Waals surface area (Å²) in [5, 5.41) is 17.3. The molecule has 0 atom stereocenters. The molecule has 0 amide bonds. The van der Waals surface area contributed by atoms with Crippen LogP contribution in [0.25, 0.3) is 0 Å². The van der Waals surface area contributed by atoms with Crippen molar-refractivity contribution < 1.29 is 5.11 Å². The zero-order valence-corrected chi connectivity index (χ0v) is 9.09. The number of pyridine rings is 1. The van der Waals surface area contributed by atoms with Crippen LogP contribution in [0.2, 0.25) is 5.15 Å². The third-order valence-corrected chi connectivity index (χ3v) is 1.82. The Morgan fingerprint density at radius 1 is 1.19 bits per heavy atom. The first-order valence-corrected chi connectivity index (χ1v) is 4.86. The highest BCUT2D eigenvalue weighted by Gasteiger charge is 1.89. The molecule has 1 aromatic heterocycles. The number of aromatic hydroxyl groups is 1. The number of hydrogen-bond acceptors (Lipinski definition) is 3. The molecule has 0 spiro atoms. The fourth-order valence-corrected chi connectivity index (χ4v) is 1.07. The average molecular weight is 233 g/mol. The minimum Gasteiger partial charge on any atom is -0.508 e. The summed E-state index contributed by atoms with van der Waals surface area (Å²) in [6.07, 6.45) is 1.50. The molecule has 1 heterocycles. The molecule has 2 rings (SSSR count). The van der Waals surface area contributed by atoms with Crippen LogP contribution >= 0.6 is 11.6 Å². The van der Waals surface area contributed by atoms with Crippen LogP contribution in [-0.2, 0) is 0 Å². The highest BCUT2D eigenvalue weighted by molar-refractivity contribution is 6.29. The molecule has 1 N–H and O–H groups in total. The molecule has 0 aliphatic rings. The van der Waals surface area contributed by atoms with Crippen molar-refractivity contribution in [1.29, 1.82) is 5.26 Å². The van der Waals surface area contributed by atoms with E-state index in [1.165, 1.54) is 12.3 Å². The SMILES string of the molecule is N#Cc1ccnc(Cl)c1.Oc1ccccc1. The van der Waals surface area contributed by atoms with Gasteiger partial charge in [-0.1, -0.05) is 29.8 Å². The van der Waals surface area contributed by atoms with Gasteiger partial charge in [-0.2, -0.15) is 5.26 Å². The summed E-state index contributed by atoms with van der Waals surface area (Å²) in [6.45, 7) is 0. The van der Waals surface area contributed by atoms with Crippen molar-refractivity contribution >= 4 is 11.6 Å². The number of phenolic OH excluding ortho intramolecular Hbond substituents is 1. The van der Waals surface area contributed by atoms with Gasteiger partial charge in [0.05, 0.1) is 11.6 Å². The summed E-state index contributed by atoms with van der Waals surface area (Å²) in [6, 6.07) is 13.8. The molecule has 0 unspecified atom stereocenters. The zero-order chi connectivity index (χ0) is 11.8. The zero-order valence-electron chi connectivity index (χ0n) is 8.34. The maximum absolute atomic E-state index is 8.63. The lowest BCUT2D eigenvalue weighted by Gasteiger charge is -1.85. The number of para-hydroxylation sites is 1. The highest BCUT2D eigenvalue weighted by atomic mass is 35.5. The first-order valence-electron chi connectivity index (χ1n) is 4.48. The van der Waals surface area contributed by atoms with Gasteiger partial charge in [0.2, 0.25) is 0 Å². The number of benzene rings is 1. The predicted molar refractivity (Wildman–Crippen MR) is 62.1 cm³/mol. The minimum atomic E-state index is 0.322. The standard InChI is InChI=1S/C6H3ClN2.C6H6O/c7-6-3-5(4-8)1-2-9-6;7-6-4-2-1-3-5-6/h1-3H;1-5,7H. The molecule has 0 radical (unpaired) electrons. The van der Waals surface area contributed by atoms with E-state index < -0.39 is 0 Å². The first kappa shape index (κ1) is 12.0. The lowest BCUT2D eigenvalue weighted by molar-refractivity contribution is 0.475. The molecule has 16 heavy (non-hydrogen) atoms. The van der Waals surface area contributed by atoms with E-state index in [1.807, 2.05) is 12.1 Å². The molecular weight excluding hydrogens is 224 g/mol. The topological polar surface area (TPSA) is 56.9 Å². The van der Waals surface area contributed by atoms with Crippen LogP contribution in [0.15, 0.2) is 48.7 Å². The van der Waals surface area contributed by atoms with E-state index >= 15 is 0 Å². The average Bonchev–Trinajstić information content (AvgIpc) is 2.31. The van der Waals surface area contributed by atoms with Crippen LogP contribution in [0.5, 0.6) is 5.75 Å². The second-order valence-corrected chi connectivity index (χ2v) is 3.20. The van der Waals surface area contributed by atoms with Crippen LogP contribution in [0.4, 0.5) is 0 Å². The number of aromatic nitrogens is 1. The molecule has 0 fully saturated rings. The molecular formula is C12H9ClN2O. The van der Waals surface area contributed by atoms with Crippen molar-refractivity contribution in [3.05, 3.63) is 59.4 Å². The third-order valence-electron chi connectivity index (χ3n) is 1.61. The lowest BCUT2D eigenvalue weighted by Crippen LogP contribution is -1.75. The smallest absolute Gasteiger partial charge is 0.130 e. The van der Waals surface area contributed by atoms with Crippen LogP contribution < -0.4 is 0 Å².